The van der Waals surface area contributed by atoms with E-state index in [1.807, 2.05) is 18.3 Å². The predicted molar refractivity (Wildman–Crippen MR) is 93.5 cm³/mol. The lowest BCUT2D eigenvalue weighted by molar-refractivity contribution is 0.295. The van der Waals surface area contributed by atoms with Crippen molar-refractivity contribution in [3.05, 3.63) is 30.5 Å². The van der Waals surface area contributed by atoms with Gasteiger partial charge < -0.3 is 15.3 Å². The summed E-state index contributed by atoms with van der Waals surface area (Å²) in [6.07, 6.45) is 4.12. The highest BCUT2D eigenvalue weighted by Gasteiger charge is 2.08. The van der Waals surface area contributed by atoms with E-state index in [1.165, 1.54) is 6.42 Å². The van der Waals surface area contributed by atoms with Crippen LogP contribution in [0.25, 0.3) is 10.9 Å². The third-order valence-corrected chi connectivity index (χ3v) is 4.13. The van der Waals surface area contributed by atoms with Gasteiger partial charge in [0.2, 0.25) is 0 Å². The lowest BCUT2D eigenvalue weighted by atomic mass is 10.1. The quantitative estimate of drug-likeness (QED) is 0.777. The first-order chi connectivity index (χ1) is 10.6. The Bertz CT molecular complexity index is 596. The van der Waals surface area contributed by atoms with Crippen molar-refractivity contribution in [2.45, 2.75) is 39.7 Å². The van der Waals surface area contributed by atoms with Gasteiger partial charge in [-0.1, -0.05) is 13.8 Å². The fourth-order valence-electron chi connectivity index (χ4n) is 2.76. The third-order valence-electron chi connectivity index (χ3n) is 4.13. The minimum atomic E-state index is 0.276. The number of phenols is 1. The van der Waals surface area contributed by atoms with E-state index in [0.717, 1.165) is 42.6 Å². The normalized spacial score (nSPS) is 12.7. The Morgan fingerprint density at radius 1 is 1.23 bits per heavy atom. The van der Waals surface area contributed by atoms with E-state index in [0.29, 0.717) is 6.04 Å². The number of nitrogens with zero attached hydrogens (tertiary/aromatic N) is 2. The van der Waals surface area contributed by atoms with E-state index >= 15 is 0 Å². The average molecular weight is 301 g/mol. The molecule has 0 radical (unpaired) electrons. The van der Waals surface area contributed by atoms with Crippen LogP contribution in [0.3, 0.4) is 0 Å². The molecule has 0 amide bonds. The highest BCUT2D eigenvalue weighted by atomic mass is 16.3. The second-order valence-electron chi connectivity index (χ2n) is 5.77. The molecule has 1 aromatic carbocycles. The second kappa shape index (κ2) is 7.99. The van der Waals surface area contributed by atoms with Gasteiger partial charge in [0.05, 0.1) is 5.52 Å². The van der Waals surface area contributed by atoms with Gasteiger partial charge in [0.15, 0.2) is 0 Å². The van der Waals surface area contributed by atoms with Crippen molar-refractivity contribution in [2.24, 2.45) is 0 Å². The van der Waals surface area contributed by atoms with Gasteiger partial charge in [0, 0.05) is 23.3 Å². The minimum Gasteiger partial charge on any atom is -0.508 e. The van der Waals surface area contributed by atoms with Crippen LogP contribution in [0.4, 0.5) is 5.69 Å². The molecular formula is C18H27N3O. The predicted octanol–water partition coefficient (Wildman–Crippen LogP) is 3.86. The van der Waals surface area contributed by atoms with Gasteiger partial charge in [-0.25, -0.2) is 0 Å². The van der Waals surface area contributed by atoms with Gasteiger partial charge in [-0.2, -0.15) is 0 Å². The molecular weight excluding hydrogens is 274 g/mol. The fraction of sp³-hybridized carbons (Fsp3) is 0.500. The van der Waals surface area contributed by atoms with E-state index < -0.39 is 0 Å². The van der Waals surface area contributed by atoms with Crippen molar-refractivity contribution in [3.8, 4) is 5.75 Å². The zero-order chi connectivity index (χ0) is 15.9. The number of rotatable bonds is 8. The number of nitrogens with one attached hydrogen (secondary N) is 1. The molecule has 0 aliphatic rings. The standard InChI is InChI=1S/C18H27N3O/c1-4-21(5-2)12-6-7-14(3)20-18-10-11-19-17-9-8-15(22)13-16(17)18/h8-11,13-14,22H,4-7,12H2,1-3H3,(H,19,20). The molecule has 0 saturated carbocycles. The highest BCUT2D eigenvalue weighted by molar-refractivity contribution is 5.92. The number of benzene rings is 1. The molecule has 1 heterocycles. The Balaban J connectivity index is 1.97. The molecule has 4 nitrogen and oxygen atoms in total. The molecule has 120 valence electrons. The van der Waals surface area contributed by atoms with Crippen LogP contribution in [0.1, 0.15) is 33.6 Å². The van der Waals surface area contributed by atoms with E-state index in [9.17, 15) is 5.11 Å². The largest absolute Gasteiger partial charge is 0.508 e. The first-order valence-electron chi connectivity index (χ1n) is 8.20. The molecule has 2 N–H and O–H groups in total. The Morgan fingerprint density at radius 3 is 2.73 bits per heavy atom. The maximum Gasteiger partial charge on any atom is 0.116 e. The summed E-state index contributed by atoms with van der Waals surface area (Å²) in [5, 5.41) is 14.2. The number of hydrogen-bond donors (Lipinski definition) is 2. The maximum absolute atomic E-state index is 9.68. The Morgan fingerprint density at radius 2 is 2.00 bits per heavy atom. The zero-order valence-electron chi connectivity index (χ0n) is 13.8. The fourth-order valence-corrected chi connectivity index (χ4v) is 2.76. The van der Waals surface area contributed by atoms with E-state index in [2.05, 4.69) is 36.0 Å². The molecule has 2 aromatic rings. The second-order valence-corrected chi connectivity index (χ2v) is 5.77. The molecule has 0 spiro atoms. The molecule has 1 unspecified atom stereocenters. The van der Waals surface area contributed by atoms with Crippen molar-refractivity contribution >= 4 is 16.6 Å². The van der Waals surface area contributed by atoms with Crippen LogP contribution in [-0.2, 0) is 0 Å². The third kappa shape index (κ3) is 4.34. The van der Waals surface area contributed by atoms with Crippen LogP contribution < -0.4 is 5.32 Å². The van der Waals surface area contributed by atoms with Gasteiger partial charge >= 0.3 is 0 Å². The first kappa shape index (κ1) is 16.6. The summed E-state index contributed by atoms with van der Waals surface area (Å²) in [4.78, 5) is 6.79. The van der Waals surface area contributed by atoms with Crippen LogP contribution in [0, 0.1) is 0 Å². The summed E-state index contributed by atoms with van der Waals surface area (Å²) in [5.74, 6) is 0.276. The smallest absolute Gasteiger partial charge is 0.116 e. The van der Waals surface area contributed by atoms with Crippen molar-refractivity contribution in [2.75, 3.05) is 25.0 Å². The molecule has 22 heavy (non-hydrogen) atoms. The summed E-state index contributed by atoms with van der Waals surface area (Å²) in [6, 6.07) is 7.66. The van der Waals surface area contributed by atoms with Crippen LogP contribution >= 0.6 is 0 Å². The summed E-state index contributed by atoms with van der Waals surface area (Å²) in [7, 11) is 0. The maximum atomic E-state index is 9.68. The van der Waals surface area contributed by atoms with Crippen molar-refractivity contribution in [3.63, 3.8) is 0 Å². The molecule has 0 fully saturated rings. The monoisotopic (exact) mass is 301 g/mol. The molecule has 1 aromatic heterocycles. The Labute approximate surface area is 133 Å². The van der Waals surface area contributed by atoms with Crippen molar-refractivity contribution in [1.82, 2.24) is 9.88 Å². The number of fused-ring (bicyclic) bond motifs is 1. The number of aromatic nitrogens is 1. The Kier molecular flexibility index (Phi) is 6.01. The van der Waals surface area contributed by atoms with Gasteiger partial charge in [-0.3, -0.25) is 4.98 Å². The number of pyridine rings is 1. The number of anilines is 1. The Hall–Kier alpha value is -1.81. The number of aromatic hydroxyl groups is 1. The van der Waals surface area contributed by atoms with Crippen LogP contribution in [0.5, 0.6) is 5.75 Å². The summed E-state index contributed by atoms with van der Waals surface area (Å²) in [6.45, 7) is 10.0. The molecule has 0 aliphatic heterocycles. The van der Waals surface area contributed by atoms with Crippen LogP contribution in [-0.4, -0.2) is 40.7 Å². The van der Waals surface area contributed by atoms with E-state index in [1.54, 1.807) is 12.1 Å². The first-order valence-corrected chi connectivity index (χ1v) is 8.20. The SMILES string of the molecule is CCN(CC)CCCC(C)Nc1ccnc2ccc(O)cc12. The lowest BCUT2D eigenvalue weighted by Crippen LogP contribution is -2.25. The van der Waals surface area contributed by atoms with Crippen molar-refractivity contribution in [1.29, 1.82) is 0 Å². The minimum absolute atomic E-state index is 0.276. The molecule has 2 rings (SSSR count). The number of hydrogen-bond acceptors (Lipinski definition) is 4. The molecule has 0 bridgehead atoms. The summed E-state index contributed by atoms with van der Waals surface area (Å²) >= 11 is 0. The number of phenolic OH excluding ortho intramolecular Hbond substituents is 1. The lowest BCUT2D eigenvalue weighted by Gasteiger charge is -2.20. The van der Waals surface area contributed by atoms with Gasteiger partial charge in [0.25, 0.3) is 0 Å². The molecule has 1 atom stereocenters. The van der Waals surface area contributed by atoms with Gasteiger partial charge in [0.1, 0.15) is 5.75 Å². The van der Waals surface area contributed by atoms with Gasteiger partial charge in [-0.05, 0) is 63.7 Å². The van der Waals surface area contributed by atoms with Crippen LogP contribution in [0.15, 0.2) is 30.5 Å². The topological polar surface area (TPSA) is 48.4 Å². The zero-order valence-corrected chi connectivity index (χ0v) is 13.8. The van der Waals surface area contributed by atoms with E-state index in [4.69, 9.17) is 0 Å². The molecule has 0 aliphatic carbocycles. The van der Waals surface area contributed by atoms with Crippen LogP contribution in [0.2, 0.25) is 0 Å². The average Bonchev–Trinajstić information content (AvgIpc) is 2.52. The van der Waals surface area contributed by atoms with E-state index in [-0.39, 0.29) is 5.75 Å². The summed E-state index contributed by atoms with van der Waals surface area (Å²) in [5.41, 5.74) is 1.94. The molecule has 0 saturated heterocycles. The summed E-state index contributed by atoms with van der Waals surface area (Å²) < 4.78 is 0. The molecule has 4 heteroatoms. The highest BCUT2D eigenvalue weighted by Crippen LogP contribution is 2.26. The van der Waals surface area contributed by atoms with Crippen molar-refractivity contribution < 1.29 is 5.11 Å². The van der Waals surface area contributed by atoms with Gasteiger partial charge in [-0.15, -0.1) is 0 Å².